The maximum Gasteiger partial charge on any atom is 0.433 e. The Morgan fingerprint density at radius 2 is 1.81 bits per heavy atom. The maximum atomic E-state index is 14.6. The first-order chi connectivity index (χ1) is 14.6. The topological polar surface area (TPSA) is 102 Å². The number of nitrogens with two attached hydrogens (primary N) is 1. The van der Waals surface area contributed by atoms with Crippen molar-refractivity contribution in [3.63, 3.8) is 0 Å². The zero-order chi connectivity index (χ0) is 22.5. The van der Waals surface area contributed by atoms with Gasteiger partial charge in [0.15, 0.2) is 11.5 Å². The number of benzene rings is 1. The lowest BCUT2D eigenvalue weighted by Crippen LogP contribution is -2.10. The van der Waals surface area contributed by atoms with E-state index >= 15 is 0 Å². The Hall–Kier alpha value is -3.67. The molecule has 0 spiro atoms. The molecule has 7 nitrogen and oxygen atoms in total. The third-order valence-electron chi connectivity index (χ3n) is 4.41. The Kier molecular flexibility index (Phi) is 4.81. The van der Waals surface area contributed by atoms with Crippen LogP contribution in [-0.4, -0.2) is 29.7 Å². The van der Waals surface area contributed by atoms with E-state index in [4.69, 9.17) is 5.73 Å². The van der Waals surface area contributed by atoms with Crippen LogP contribution >= 0.6 is 0 Å². The first-order valence-corrected chi connectivity index (χ1v) is 8.76. The number of fused-ring (bicyclic) bond motifs is 1. The van der Waals surface area contributed by atoms with Crippen LogP contribution in [-0.2, 0) is 12.8 Å². The number of aliphatic hydroxyl groups excluding tert-OH is 1. The largest absolute Gasteiger partial charge is 0.433 e. The number of anilines is 1. The smallest absolute Gasteiger partial charge is 0.388 e. The van der Waals surface area contributed by atoms with Gasteiger partial charge in [-0.1, -0.05) is 0 Å². The van der Waals surface area contributed by atoms with E-state index in [1.807, 2.05) is 0 Å². The molecule has 31 heavy (non-hydrogen) atoms. The number of rotatable bonds is 3. The summed E-state index contributed by atoms with van der Waals surface area (Å²) in [7, 11) is 0. The molecule has 0 saturated heterocycles. The fourth-order valence-electron chi connectivity index (χ4n) is 3.17. The normalized spacial score (nSPS) is 12.0. The molecule has 3 aromatic heterocycles. The van der Waals surface area contributed by atoms with Gasteiger partial charge in [0, 0.05) is 17.3 Å². The first-order valence-electron chi connectivity index (χ1n) is 8.76. The van der Waals surface area contributed by atoms with Crippen LogP contribution in [0, 0.1) is 18.6 Å². The lowest BCUT2D eigenvalue weighted by atomic mass is 9.99. The zero-order valence-electron chi connectivity index (χ0n) is 15.7. The van der Waals surface area contributed by atoms with E-state index in [9.17, 15) is 27.1 Å². The Morgan fingerprint density at radius 3 is 2.45 bits per heavy atom. The molecule has 0 radical (unpaired) electrons. The minimum atomic E-state index is -4.75. The monoisotopic (exact) mass is 436 g/mol. The Labute approximate surface area is 171 Å². The quantitative estimate of drug-likeness (QED) is 0.477. The summed E-state index contributed by atoms with van der Waals surface area (Å²) in [4.78, 5) is 11.7. The third kappa shape index (κ3) is 3.65. The summed E-state index contributed by atoms with van der Waals surface area (Å²) in [6, 6.07) is 4.78. The molecule has 0 aliphatic heterocycles. The molecule has 4 rings (SSSR count). The highest BCUT2D eigenvalue weighted by Crippen LogP contribution is 2.38. The predicted octanol–water partition coefficient (Wildman–Crippen LogP) is 3.53. The van der Waals surface area contributed by atoms with Crippen LogP contribution in [0.15, 0.2) is 30.3 Å². The van der Waals surface area contributed by atoms with Gasteiger partial charge in [0.25, 0.3) is 0 Å². The average Bonchev–Trinajstić information content (AvgIpc) is 3.11. The lowest BCUT2D eigenvalue weighted by Gasteiger charge is -2.15. The van der Waals surface area contributed by atoms with Crippen LogP contribution in [0.5, 0.6) is 0 Å². The summed E-state index contributed by atoms with van der Waals surface area (Å²) in [5.74, 6) is -2.18. The number of aliphatic hydroxyl groups is 1. The minimum Gasteiger partial charge on any atom is -0.388 e. The first kappa shape index (κ1) is 20.6. The molecule has 0 aliphatic rings. The summed E-state index contributed by atoms with van der Waals surface area (Å²) in [6.07, 6.45) is -4.75. The van der Waals surface area contributed by atoms with Gasteiger partial charge in [0.2, 0.25) is 5.95 Å². The highest BCUT2D eigenvalue weighted by molar-refractivity contribution is 5.91. The Bertz CT molecular complexity index is 1320. The predicted molar refractivity (Wildman–Crippen MR) is 99.4 cm³/mol. The van der Waals surface area contributed by atoms with Crippen molar-refractivity contribution < 1.29 is 27.1 Å². The van der Waals surface area contributed by atoms with Crippen LogP contribution in [0.3, 0.4) is 0 Å². The molecule has 3 heterocycles. The Morgan fingerprint density at radius 1 is 1.06 bits per heavy atom. The standard InChI is InChI=1S/C19H13F5N6O/c1-8-4-9(5-13(26-8)19(22,23)24)15-16(11-3-2-10(20)6-12(11)21)28-18(25)30-17(15)27-14(7-31)29-30/h2-6,31H,7H2,1H3,(H2,25,28). The van der Waals surface area contributed by atoms with Crippen LogP contribution in [0.2, 0.25) is 0 Å². The number of aromatic nitrogens is 5. The van der Waals surface area contributed by atoms with Crippen molar-refractivity contribution in [3.05, 3.63) is 59.2 Å². The highest BCUT2D eigenvalue weighted by atomic mass is 19.4. The van der Waals surface area contributed by atoms with E-state index < -0.39 is 30.1 Å². The zero-order valence-corrected chi connectivity index (χ0v) is 15.7. The molecule has 0 bridgehead atoms. The molecule has 0 unspecified atom stereocenters. The van der Waals surface area contributed by atoms with E-state index in [1.54, 1.807) is 0 Å². The molecule has 0 atom stereocenters. The summed E-state index contributed by atoms with van der Waals surface area (Å²) in [5, 5.41) is 13.3. The summed E-state index contributed by atoms with van der Waals surface area (Å²) in [6.45, 7) is 0.783. The lowest BCUT2D eigenvalue weighted by molar-refractivity contribution is -0.141. The Balaban J connectivity index is 2.13. The van der Waals surface area contributed by atoms with Crippen molar-refractivity contribution in [2.75, 3.05) is 5.73 Å². The van der Waals surface area contributed by atoms with E-state index in [-0.39, 0.29) is 45.5 Å². The fourth-order valence-corrected chi connectivity index (χ4v) is 3.17. The second-order valence-electron chi connectivity index (χ2n) is 6.62. The molecule has 12 heteroatoms. The number of halogens is 5. The highest BCUT2D eigenvalue weighted by Gasteiger charge is 2.34. The van der Waals surface area contributed by atoms with Gasteiger partial charge in [-0.05, 0) is 36.8 Å². The van der Waals surface area contributed by atoms with Crippen molar-refractivity contribution in [3.8, 4) is 22.4 Å². The number of aryl methyl sites for hydroxylation is 1. The maximum absolute atomic E-state index is 14.6. The number of nitrogen functional groups attached to an aromatic ring is 1. The van der Waals surface area contributed by atoms with Gasteiger partial charge < -0.3 is 10.8 Å². The molecule has 1 aromatic carbocycles. The second-order valence-corrected chi connectivity index (χ2v) is 6.62. The average molecular weight is 436 g/mol. The van der Waals surface area contributed by atoms with Crippen molar-refractivity contribution in [2.45, 2.75) is 19.7 Å². The molecule has 0 fully saturated rings. The molecule has 3 N–H and O–H groups in total. The van der Waals surface area contributed by atoms with Gasteiger partial charge in [-0.2, -0.15) is 17.7 Å². The number of hydrogen-bond acceptors (Lipinski definition) is 6. The SMILES string of the molecule is Cc1cc(-c2c(-c3ccc(F)cc3F)nc(N)n3nc(CO)nc23)cc(C(F)(F)F)n1. The molecule has 0 saturated carbocycles. The van der Waals surface area contributed by atoms with Crippen LogP contribution in [0.4, 0.5) is 27.9 Å². The number of alkyl halides is 3. The number of hydrogen-bond donors (Lipinski definition) is 2. The van der Waals surface area contributed by atoms with Gasteiger partial charge in [0.1, 0.15) is 23.9 Å². The van der Waals surface area contributed by atoms with Gasteiger partial charge in [-0.25, -0.2) is 23.7 Å². The van der Waals surface area contributed by atoms with E-state index in [0.29, 0.717) is 6.07 Å². The van der Waals surface area contributed by atoms with Crippen LogP contribution < -0.4 is 5.73 Å². The molecular formula is C19H13F5N6O. The van der Waals surface area contributed by atoms with Crippen molar-refractivity contribution in [1.82, 2.24) is 24.6 Å². The van der Waals surface area contributed by atoms with Gasteiger partial charge >= 0.3 is 6.18 Å². The third-order valence-corrected chi connectivity index (χ3v) is 4.41. The summed E-state index contributed by atoms with van der Waals surface area (Å²) < 4.78 is 69.1. The van der Waals surface area contributed by atoms with Crippen molar-refractivity contribution in [2.24, 2.45) is 0 Å². The second kappa shape index (κ2) is 7.23. The van der Waals surface area contributed by atoms with Gasteiger partial charge in [-0.15, -0.1) is 5.10 Å². The molecule has 0 aliphatic carbocycles. The number of pyridine rings is 1. The van der Waals surface area contributed by atoms with Gasteiger partial charge in [0.05, 0.1) is 11.3 Å². The fraction of sp³-hybridized carbons (Fsp3) is 0.158. The molecule has 0 amide bonds. The minimum absolute atomic E-state index is 0.0343. The van der Waals surface area contributed by atoms with Crippen molar-refractivity contribution >= 4 is 11.6 Å². The van der Waals surface area contributed by atoms with Gasteiger partial charge in [-0.3, -0.25) is 0 Å². The van der Waals surface area contributed by atoms with Crippen molar-refractivity contribution in [1.29, 1.82) is 0 Å². The summed E-state index contributed by atoms with van der Waals surface area (Å²) in [5.41, 5.74) is 4.25. The molecular weight excluding hydrogens is 423 g/mol. The summed E-state index contributed by atoms with van der Waals surface area (Å²) >= 11 is 0. The van der Waals surface area contributed by atoms with E-state index in [2.05, 4.69) is 20.1 Å². The molecule has 4 aromatic rings. The van der Waals surface area contributed by atoms with E-state index in [0.717, 1.165) is 22.7 Å². The number of nitrogens with zero attached hydrogens (tertiary/aromatic N) is 5. The molecule has 160 valence electrons. The van der Waals surface area contributed by atoms with Crippen LogP contribution in [0.1, 0.15) is 17.2 Å². The van der Waals surface area contributed by atoms with E-state index in [1.165, 1.54) is 13.0 Å². The van der Waals surface area contributed by atoms with Crippen LogP contribution in [0.25, 0.3) is 28.0 Å².